The van der Waals surface area contributed by atoms with Crippen molar-refractivity contribution in [3.05, 3.63) is 22.2 Å². The molecule has 2 unspecified atom stereocenters. The Labute approximate surface area is 133 Å². The van der Waals surface area contributed by atoms with Crippen LogP contribution in [-0.4, -0.2) is 49.1 Å². The number of nitrogens with zero attached hydrogens (tertiary/aromatic N) is 2. The maximum absolute atomic E-state index is 11.6. The summed E-state index contributed by atoms with van der Waals surface area (Å²) in [5.41, 5.74) is 2.40. The Balaban J connectivity index is 1.89. The summed E-state index contributed by atoms with van der Waals surface area (Å²) >= 11 is 3.57. The van der Waals surface area contributed by atoms with Crippen LogP contribution in [0.15, 0.2) is 16.6 Å². The van der Waals surface area contributed by atoms with Gasteiger partial charge in [0.15, 0.2) is 6.10 Å². The first kappa shape index (κ1) is 14.8. The van der Waals surface area contributed by atoms with Gasteiger partial charge >= 0.3 is 0 Å². The van der Waals surface area contributed by atoms with Gasteiger partial charge in [0.1, 0.15) is 0 Å². The molecule has 1 aromatic rings. The molecule has 0 saturated carbocycles. The van der Waals surface area contributed by atoms with E-state index in [1.54, 1.807) is 0 Å². The van der Waals surface area contributed by atoms with Crippen LogP contribution in [0.1, 0.15) is 24.5 Å². The van der Waals surface area contributed by atoms with E-state index >= 15 is 0 Å². The highest BCUT2D eigenvalue weighted by atomic mass is 79.9. The van der Waals surface area contributed by atoms with Crippen molar-refractivity contribution in [3.63, 3.8) is 0 Å². The number of halogens is 1. The molecule has 1 aromatic carbocycles. The number of hydrogen-bond acceptors (Lipinski definition) is 4. The highest BCUT2D eigenvalue weighted by Crippen LogP contribution is 2.39. The number of aliphatic hydroxyl groups excluding tert-OH is 1. The molecule has 2 N–H and O–H groups in total. The predicted octanol–water partition coefficient (Wildman–Crippen LogP) is 1.96. The number of likely N-dealkylation sites (tertiary alicyclic amines) is 1. The Morgan fingerprint density at radius 1 is 1.48 bits per heavy atom. The molecular formula is C15H20BrN3O2. The minimum absolute atomic E-state index is 0.353. The molecule has 1 fully saturated rings. The molecule has 0 radical (unpaired) electrons. The summed E-state index contributed by atoms with van der Waals surface area (Å²) < 4.78 is 0.910. The fourth-order valence-electron chi connectivity index (χ4n) is 3.18. The Morgan fingerprint density at radius 2 is 2.24 bits per heavy atom. The predicted molar refractivity (Wildman–Crippen MR) is 86.7 cm³/mol. The second kappa shape index (κ2) is 5.59. The molecule has 3 rings (SSSR count). The SMILES string of the molecule is CN1CCCC(N(C)c2cc3c(cc2Br)C(O)C(=O)N3)C1. The molecule has 0 aromatic heterocycles. The van der Waals surface area contributed by atoms with Gasteiger partial charge in [-0.25, -0.2) is 0 Å². The second-order valence-corrected chi connectivity index (χ2v) is 6.81. The number of anilines is 2. The Bertz CT molecular complexity index is 578. The van der Waals surface area contributed by atoms with Gasteiger partial charge in [-0.15, -0.1) is 0 Å². The highest BCUT2D eigenvalue weighted by Gasteiger charge is 2.31. The number of amides is 1. The monoisotopic (exact) mass is 353 g/mol. The number of hydrogen-bond donors (Lipinski definition) is 2. The van der Waals surface area contributed by atoms with E-state index in [4.69, 9.17) is 0 Å². The van der Waals surface area contributed by atoms with Crippen molar-refractivity contribution in [1.82, 2.24) is 4.90 Å². The molecule has 2 aliphatic rings. The Morgan fingerprint density at radius 3 is 2.95 bits per heavy atom. The quantitative estimate of drug-likeness (QED) is 0.853. The third-order valence-electron chi connectivity index (χ3n) is 4.45. The van der Waals surface area contributed by atoms with Gasteiger partial charge in [0, 0.05) is 35.4 Å². The lowest BCUT2D eigenvalue weighted by Crippen LogP contribution is -2.45. The smallest absolute Gasteiger partial charge is 0.257 e. The van der Waals surface area contributed by atoms with Crippen LogP contribution in [0, 0.1) is 0 Å². The second-order valence-electron chi connectivity index (χ2n) is 5.95. The molecule has 2 atom stereocenters. The summed E-state index contributed by atoms with van der Waals surface area (Å²) in [6.45, 7) is 2.19. The number of aliphatic hydroxyl groups is 1. The fourth-order valence-corrected chi connectivity index (χ4v) is 3.82. The van der Waals surface area contributed by atoms with E-state index in [0.29, 0.717) is 17.3 Å². The standard InChI is InChI=1S/C15H20BrN3O2/c1-18-5-3-4-9(8-18)19(2)13-7-12-10(6-11(13)16)14(20)15(21)17-12/h6-7,9,14,20H,3-5,8H2,1-2H3,(H,17,21). The average molecular weight is 354 g/mol. The summed E-state index contributed by atoms with van der Waals surface area (Å²) in [5.74, 6) is -0.353. The number of fused-ring (bicyclic) bond motifs is 1. The van der Waals surface area contributed by atoms with E-state index in [-0.39, 0.29) is 5.91 Å². The van der Waals surface area contributed by atoms with Gasteiger partial charge in [0.25, 0.3) is 5.91 Å². The first-order valence-electron chi connectivity index (χ1n) is 7.21. The summed E-state index contributed by atoms with van der Waals surface area (Å²) in [7, 11) is 4.23. The molecule has 5 nitrogen and oxygen atoms in total. The molecule has 0 spiro atoms. The minimum atomic E-state index is -1.06. The van der Waals surface area contributed by atoms with Crippen LogP contribution in [0.2, 0.25) is 0 Å². The Kier molecular flexibility index (Phi) is 3.94. The first-order valence-corrected chi connectivity index (χ1v) is 8.00. The number of nitrogens with one attached hydrogen (secondary N) is 1. The van der Waals surface area contributed by atoms with E-state index in [0.717, 1.165) is 23.2 Å². The van der Waals surface area contributed by atoms with Crippen molar-refractivity contribution in [2.75, 3.05) is 37.4 Å². The molecular weight excluding hydrogens is 334 g/mol. The van der Waals surface area contributed by atoms with Gasteiger partial charge < -0.3 is 20.2 Å². The van der Waals surface area contributed by atoms with Crippen molar-refractivity contribution in [2.45, 2.75) is 25.0 Å². The fraction of sp³-hybridized carbons (Fsp3) is 0.533. The molecule has 21 heavy (non-hydrogen) atoms. The summed E-state index contributed by atoms with van der Waals surface area (Å²) in [4.78, 5) is 16.2. The summed E-state index contributed by atoms with van der Waals surface area (Å²) in [6.07, 6.45) is 1.31. The zero-order valence-electron chi connectivity index (χ0n) is 12.3. The van der Waals surface area contributed by atoms with Crippen LogP contribution < -0.4 is 10.2 Å². The van der Waals surface area contributed by atoms with E-state index in [1.807, 2.05) is 12.1 Å². The van der Waals surface area contributed by atoms with Gasteiger partial charge in [0.05, 0.1) is 5.69 Å². The normalized spacial score (nSPS) is 25.6. The number of piperidine rings is 1. The first-order chi connectivity index (χ1) is 9.97. The molecule has 1 amide bonds. The van der Waals surface area contributed by atoms with Crippen molar-refractivity contribution >= 4 is 33.2 Å². The lowest BCUT2D eigenvalue weighted by Gasteiger charge is -2.37. The maximum Gasteiger partial charge on any atom is 0.257 e. The number of benzene rings is 1. The van der Waals surface area contributed by atoms with Crippen molar-refractivity contribution in [2.24, 2.45) is 0 Å². The molecule has 0 aliphatic carbocycles. The van der Waals surface area contributed by atoms with E-state index in [2.05, 4.69) is 45.1 Å². The van der Waals surface area contributed by atoms with Crippen molar-refractivity contribution < 1.29 is 9.90 Å². The minimum Gasteiger partial charge on any atom is -0.378 e. The lowest BCUT2D eigenvalue weighted by molar-refractivity contribution is -0.123. The number of carbonyl (C=O) groups is 1. The van der Waals surface area contributed by atoms with Crippen LogP contribution in [0.3, 0.4) is 0 Å². The highest BCUT2D eigenvalue weighted by molar-refractivity contribution is 9.10. The lowest BCUT2D eigenvalue weighted by atomic mass is 10.0. The molecule has 1 saturated heterocycles. The number of rotatable bonds is 2. The van der Waals surface area contributed by atoms with Crippen LogP contribution in [0.5, 0.6) is 0 Å². The van der Waals surface area contributed by atoms with E-state index in [9.17, 15) is 9.90 Å². The van der Waals surface area contributed by atoms with Gasteiger partial charge in [-0.2, -0.15) is 0 Å². The van der Waals surface area contributed by atoms with Crippen LogP contribution >= 0.6 is 15.9 Å². The average Bonchev–Trinajstić information content (AvgIpc) is 2.73. The van der Waals surface area contributed by atoms with E-state index in [1.165, 1.54) is 12.8 Å². The molecule has 2 aliphatic heterocycles. The van der Waals surface area contributed by atoms with Gasteiger partial charge in [0.2, 0.25) is 0 Å². The maximum atomic E-state index is 11.6. The van der Waals surface area contributed by atoms with Crippen LogP contribution in [-0.2, 0) is 4.79 Å². The van der Waals surface area contributed by atoms with Crippen molar-refractivity contribution in [3.8, 4) is 0 Å². The zero-order valence-corrected chi connectivity index (χ0v) is 13.9. The summed E-state index contributed by atoms with van der Waals surface area (Å²) in [6, 6.07) is 4.25. The zero-order chi connectivity index (χ0) is 15.1. The Hall–Kier alpha value is -1.11. The number of carbonyl (C=O) groups excluding carboxylic acids is 1. The largest absolute Gasteiger partial charge is 0.378 e. The van der Waals surface area contributed by atoms with E-state index < -0.39 is 6.10 Å². The summed E-state index contributed by atoms with van der Waals surface area (Å²) in [5, 5.41) is 12.6. The molecule has 2 heterocycles. The van der Waals surface area contributed by atoms with Gasteiger partial charge in [-0.3, -0.25) is 4.79 Å². The molecule has 0 bridgehead atoms. The van der Waals surface area contributed by atoms with Crippen molar-refractivity contribution in [1.29, 1.82) is 0 Å². The topological polar surface area (TPSA) is 55.8 Å². The van der Waals surface area contributed by atoms with Gasteiger partial charge in [-0.1, -0.05) is 0 Å². The van der Waals surface area contributed by atoms with Gasteiger partial charge in [-0.05, 0) is 54.5 Å². The third kappa shape index (κ3) is 2.67. The molecule has 114 valence electrons. The number of likely N-dealkylation sites (N-methyl/N-ethyl adjacent to an activating group) is 2. The third-order valence-corrected chi connectivity index (χ3v) is 5.08. The molecule has 6 heteroatoms. The van der Waals surface area contributed by atoms with Crippen LogP contribution in [0.25, 0.3) is 0 Å². The van der Waals surface area contributed by atoms with Crippen LogP contribution in [0.4, 0.5) is 11.4 Å².